The molecule has 0 bridgehead atoms. The monoisotopic (exact) mass is 420 g/mol. The summed E-state index contributed by atoms with van der Waals surface area (Å²) in [4.78, 5) is 35.2. The third kappa shape index (κ3) is 2.81. The summed E-state index contributed by atoms with van der Waals surface area (Å²) in [5, 5.41) is 3.72. The lowest BCUT2D eigenvalue weighted by Gasteiger charge is -2.29. The number of benzene rings is 2. The minimum Gasteiger partial charge on any atom is -0.497 e. The van der Waals surface area contributed by atoms with Crippen LogP contribution < -0.4 is 14.7 Å². The smallest absolute Gasteiger partial charge is 0.266 e. The molecule has 2 aliphatic heterocycles. The van der Waals surface area contributed by atoms with Crippen LogP contribution in [0.5, 0.6) is 5.75 Å². The van der Waals surface area contributed by atoms with E-state index in [2.05, 4.69) is 0 Å². The summed E-state index contributed by atoms with van der Waals surface area (Å²) in [7, 11) is 1.55. The second kappa shape index (κ2) is 7.27. The van der Waals surface area contributed by atoms with Gasteiger partial charge in [0.25, 0.3) is 5.91 Å². The van der Waals surface area contributed by atoms with E-state index >= 15 is 0 Å². The van der Waals surface area contributed by atoms with E-state index in [1.807, 2.05) is 48.7 Å². The number of nitrogens with zero attached hydrogens (tertiary/aromatic N) is 2. The maximum absolute atomic E-state index is 13.5. The molecule has 6 nitrogen and oxygen atoms in total. The Morgan fingerprint density at radius 3 is 2.57 bits per heavy atom. The van der Waals surface area contributed by atoms with Crippen LogP contribution in [-0.4, -0.2) is 25.0 Å². The first kappa shape index (κ1) is 18.8. The average Bonchev–Trinajstić information content (AvgIpc) is 3.46. The SMILES string of the molecule is COc1cccc(N2C(=O)[C@@H]3[C@@H](c4cccs4)N(c4ccccc4C)O[C@H]3C2=O)c1. The number of carbonyl (C=O) groups excluding carboxylic acids is 2. The fourth-order valence-electron chi connectivity index (χ4n) is 4.19. The van der Waals surface area contributed by atoms with E-state index in [0.29, 0.717) is 11.4 Å². The molecule has 0 unspecified atom stereocenters. The molecule has 3 atom stereocenters. The van der Waals surface area contributed by atoms with Crippen molar-refractivity contribution in [1.82, 2.24) is 0 Å². The van der Waals surface area contributed by atoms with Gasteiger partial charge < -0.3 is 4.74 Å². The number of amides is 2. The first-order chi connectivity index (χ1) is 14.6. The van der Waals surface area contributed by atoms with Crippen molar-refractivity contribution in [2.75, 3.05) is 17.1 Å². The molecule has 3 aromatic rings. The lowest BCUT2D eigenvalue weighted by atomic mass is 9.95. The van der Waals surface area contributed by atoms with E-state index < -0.39 is 12.0 Å². The van der Waals surface area contributed by atoms with E-state index in [0.717, 1.165) is 16.1 Å². The predicted molar refractivity (Wildman–Crippen MR) is 115 cm³/mol. The van der Waals surface area contributed by atoms with Gasteiger partial charge in [0.15, 0.2) is 6.10 Å². The number of fused-ring (bicyclic) bond motifs is 1. The van der Waals surface area contributed by atoms with E-state index in [9.17, 15) is 9.59 Å². The number of anilines is 2. The Balaban J connectivity index is 1.57. The summed E-state index contributed by atoms with van der Waals surface area (Å²) in [5.74, 6) is -0.645. The molecule has 0 aliphatic carbocycles. The van der Waals surface area contributed by atoms with Crippen molar-refractivity contribution in [2.24, 2.45) is 5.92 Å². The first-order valence-electron chi connectivity index (χ1n) is 9.67. The van der Waals surface area contributed by atoms with Crippen LogP contribution in [0.4, 0.5) is 11.4 Å². The quantitative estimate of drug-likeness (QED) is 0.595. The summed E-state index contributed by atoms with van der Waals surface area (Å²) in [5.41, 5.74) is 2.37. The number of aryl methyl sites for hydroxylation is 1. The molecule has 0 N–H and O–H groups in total. The Morgan fingerprint density at radius 2 is 1.83 bits per heavy atom. The summed E-state index contributed by atoms with van der Waals surface area (Å²) >= 11 is 1.56. The molecular formula is C23H20N2O4S. The molecule has 30 heavy (non-hydrogen) atoms. The van der Waals surface area contributed by atoms with Gasteiger partial charge >= 0.3 is 0 Å². The second-order valence-electron chi connectivity index (χ2n) is 7.34. The number of hydroxylamine groups is 1. The molecule has 152 valence electrons. The van der Waals surface area contributed by atoms with Gasteiger partial charge in [-0.15, -0.1) is 11.3 Å². The number of hydrogen-bond acceptors (Lipinski definition) is 6. The van der Waals surface area contributed by atoms with Gasteiger partial charge in [0, 0.05) is 10.9 Å². The van der Waals surface area contributed by atoms with Crippen LogP contribution >= 0.6 is 11.3 Å². The van der Waals surface area contributed by atoms with Gasteiger partial charge in [-0.05, 0) is 42.1 Å². The maximum Gasteiger partial charge on any atom is 0.266 e. The van der Waals surface area contributed by atoms with Crippen LogP contribution in [0, 0.1) is 12.8 Å². The van der Waals surface area contributed by atoms with Crippen LogP contribution in [0.25, 0.3) is 0 Å². The number of rotatable bonds is 4. The molecule has 2 fully saturated rings. The number of para-hydroxylation sites is 1. The van der Waals surface area contributed by atoms with Gasteiger partial charge in [0.2, 0.25) is 5.91 Å². The highest BCUT2D eigenvalue weighted by Crippen LogP contribution is 2.49. The number of hydrogen-bond donors (Lipinski definition) is 0. The fraction of sp³-hybridized carbons (Fsp3) is 0.217. The minimum absolute atomic E-state index is 0.257. The second-order valence-corrected chi connectivity index (χ2v) is 8.32. The molecule has 3 heterocycles. The van der Waals surface area contributed by atoms with Crippen molar-refractivity contribution in [2.45, 2.75) is 19.1 Å². The van der Waals surface area contributed by atoms with Gasteiger partial charge in [-0.25, -0.2) is 9.96 Å². The van der Waals surface area contributed by atoms with E-state index in [1.54, 1.807) is 47.8 Å². The van der Waals surface area contributed by atoms with Crippen LogP contribution in [-0.2, 0) is 14.4 Å². The zero-order valence-electron chi connectivity index (χ0n) is 16.5. The van der Waals surface area contributed by atoms with Gasteiger partial charge in [0.05, 0.1) is 18.5 Å². The highest BCUT2D eigenvalue weighted by Gasteiger charge is 2.60. The van der Waals surface area contributed by atoms with Gasteiger partial charge in [-0.2, -0.15) is 0 Å². The number of thiophene rings is 1. The standard InChI is InChI=1S/C23H20N2O4S/c1-14-7-3-4-10-17(14)25-20(18-11-6-12-30-18)19-21(29-25)23(27)24(22(19)26)15-8-5-9-16(13-15)28-2/h3-13,19-21H,1-2H3/t19-,20-,21-/m1/s1. The molecule has 7 heteroatoms. The Bertz CT molecular complexity index is 1110. The zero-order valence-corrected chi connectivity index (χ0v) is 17.3. The third-order valence-electron chi connectivity index (χ3n) is 5.61. The van der Waals surface area contributed by atoms with Gasteiger partial charge in [0.1, 0.15) is 17.7 Å². The lowest BCUT2D eigenvalue weighted by molar-refractivity contribution is -0.126. The molecule has 1 aromatic heterocycles. The van der Waals surface area contributed by atoms with Crippen LogP contribution in [0.3, 0.4) is 0 Å². The third-order valence-corrected chi connectivity index (χ3v) is 6.56. The lowest BCUT2D eigenvalue weighted by Crippen LogP contribution is -2.37. The van der Waals surface area contributed by atoms with Crippen molar-refractivity contribution in [3.63, 3.8) is 0 Å². The zero-order chi connectivity index (χ0) is 20.8. The Labute approximate surface area is 178 Å². The Hall–Kier alpha value is -3.16. The highest BCUT2D eigenvalue weighted by molar-refractivity contribution is 7.10. The molecule has 2 amide bonds. The predicted octanol–water partition coefficient (Wildman–Crippen LogP) is 4.12. The van der Waals surface area contributed by atoms with E-state index in [-0.39, 0.29) is 17.9 Å². The Morgan fingerprint density at radius 1 is 1.00 bits per heavy atom. The van der Waals surface area contributed by atoms with E-state index in [4.69, 9.17) is 9.57 Å². The van der Waals surface area contributed by atoms with Crippen molar-refractivity contribution in [3.8, 4) is 5.75 Å². The summed E-state index contributed by atoms with van der Waals surface area (Å²) in [6.45, 7) is 1.99. The molecule has 2 aromatic carbocycles. The molecule has 2 aliphatic rings. The highest BCUT2D eigenvalue weighted by atomic mass is 32.1. The van der Waals surface area contributed by atoms with Crippen LogP contribution in [0.1, 0.15) is 16.5 Å². The fourth-order valence-corrected chi connectivity index (χ4v) is 5.04. The topological polar surface area (TPSA) is 59.1 Å². The summed E-state index contributed by atoms with van der Waals surface area (Å²) < 4.78 is 5.26. The van der Waals surface area contributed by atoms with Crippen molar-refractivity contribution in [3.05, 3.63) is 76.5 Å². The molecular weight excluding hydrogens is 400 g/mol. The molecule has 0 saturated carbocycles. The summed E-state index contributed by atoms with van der Waals surface area (Å²) in [6, 6.07) is 18.4. The normalized spacial score (nSPS) is 23.2. The molecule has 0 radical (unpaired) electrons. The van der Waals surface area contributed by atoms with E-state index in [1.165, 1.54) is 4.90 Å². The molecule has 2 saturated heterocycles. The first-order valence-corrected chi connectivity index (χ1v) is 10.5. The Kier molecular flexibility index (Phi) is 4.56. The molecule has 0 spiro atoms. The average molecular weight is 420 g/mol. The van der Waals surface area contributed by atoms with Gasteiger partial charge in [-0.3, -0.25) is 14.4 Å². The molecule has 5 rings (SSSR count). The van der Waals surface area contributed by atoms with Gasteiger partial charge in [-0.1, -0.05) is 30.3 Å². The number of carbonyl (C=O) groups is 2. The van der Waals surface area contributed by atoms with Crippen molar-refractivity contribution >= 4 is 34.5 Å². The number of methoxy groups -OCH3 is 1. The van der Waals surface area contributed by atoms with Crippen LogP contribution in [0.2, 0.25) is 0 Å². The van der Waals surface area contributed by atoms with Crippen LogP contribution in [0.15, 0.2) is 66.0 Å². The van der Waals surface area contributed by atoms with Crippen molar-refractivity contribution < 1.29 is 19.2 Å². The maximum atomic E-state index is 13.5. The summed E-state index contributed by atoms with van der Waals surface area (Å²) in [6.07, 6.45) is -0.865. The largest absolute Gasteiger partial charge is 0.497 e. The van der Waals surface area contributed by atoms with Crippen molar-refractivity contribution in [1.29, 1.82) is 0 Å². The number of imide groups is 1. The minimum atomic E-state index is -0.865. The number of ether oxygens (including phenoxy) is 1.